The van der Waals surface area contributed by atoms with Gasteiger partial charge in [0.05, 0.1) is 17.1 Å². The van der Waals surface area contributed by atoms with E-state index >= 15 is 0 Å². The molecule has 2 heterocycles. The highest BCUT2D eigenvalue weighted by atomic mass is 16.6. The maximum Gasteiger partial charge on any atom is 0.178 e. The summed E-state index contributed by atoms with van der Waals surface area (Å²) in [5.74, 6) is 0.644. The maximum atomic E-state index is 5.18. The Balaban J connectivity index is 2.38. The zero-order chi connectivity index (χ0) is 10.1. The van der Waals surface area contributed by atoms with Gasteiger partial charge in [0.15, 0.2) is 5.75 Å². The lowest BCUT2D eigenvalue weighted by atomic mass is 10.1. The Morgan fingerprint density at radius 2 is 2.20 bits per heavy atom. The van der Waals surface area contributed by atoms with Gasteiger partial charge in [0.2, 0.25) is 0 Å². The van der Waals surface area contributed by atoms with Crippen LogP contribution < -0.4 is 4.84 Å². The molecule has 1 aromatic carbocycles. The summed E-state index contributed by atoms with van der Waals surface area (Å²) < 4.78 is 0. The first-order valence-corrected chi connectivity index (χ1v) is 4.41. The summed E-state index contributed by atoms with van der Waals surface area (Å²) in [5, 5.41) is 8.05. The summed E-state index contributed by atoms with van der Waals surface area (Å²) in [4.78, 5) is 13.3. The van der Waals surface area contributed by atoms with Crippen molar-refractivity contribution in [1.29, 1.82) is 0 Å². The van der Waals surface area contributed by atoms with E-state index in [1.807, 2.05) is 18.2 Å². The van der Waals surface area contributed by atoms with Gasteiger partial charge in [-0.15, -0.1) is 5.11 Å². The second-order valence-electron chi connectivity index (χ2n) is 3.04. The molecule has 0 fully saturated rings. The smallest absolute Gasteiger partial charge is 0.178 e. The van der Waals surface area contributed by atoms with Crippen LogP contribution in [0.15, 0.2) is 41.2 Å². The molecule has 0 N–H and O–H groups in total. The average molecular weight is 198 g/mol. The predicted molar refractivity (Wildman–Crippen MR) is 54.1 cm³/mol. The lowest BCUT2D eigenvalue weighted by molar-refractivity contribution is 0.317. The molecular formula is C10H6N4O. The summed E-state index contributed by atoms with van der Waals surface area (Å²) >= 11 is 0. The molecule has 2 aromatic rings. The van der Waals surface area contributed by atoms with E-state index < -0.39 is 0 Å². The SMILES string of the molecule is C1=Cc2ccc3ncncc3c2ON=N1. The number of nitrogens with zero attached hydrogens (tertiary/aromatic N) is 4. The number of aromatic nitrogens is 2. The second-order valence-corrected chi connectivity index (χ2v) is 3.04. The molecule has 1 aliphatic rings. The van der Waals surface area contributed by atoms with Crippen LogP contribution in [0.2, 0.25) is 0 Å². The Labute approximate surface area is 85.1 Å². The monoisotopic (exact) mass is 198 g/mol. The maximum absolute atomic E-state index is 5.18. The van der Waals surface area contributed by atoms with Gasteiger partial charge in [-0.05, 0) is 18.2 Å². The van der Waals surface area contributed by atoms with Crippen molar-refractivity contribution in [3.8, 4) is 5.75 Å². The van der Waals surface area contributed by atoms with Crippen molar-refractivity contribution in [3.63, 3.8) is 0 Å². The van der Waals surface area contributed by atoms with Crippen LogP contribution in [0.25, 0.3) is 17.0 Å². The molecule has 0 amide bonds. The fraction of sp³-hybridized carbons (Fsp3) is 0. The molecule has 0 bridgehead atoms. The summed E-state index contributed by atoms with van der Waals surface area (Å²) in [6.45, 7) is 0. The summed E-state index contributed by atoms with van der Waals surface area (Å²) in [7, 11) is 0. The van der Waals surface area contributed by atoms with Gasteiger partial charge >= 0.3 is 0 Å². The minimum atomic E-state index is 0.644. The molecule has 0 atom stereocenters. The van der Waals surface area contributed by atoms with Gasteiger partial charge < -0.3 is 4.84 Å². The van der Waals surface area contributed by atoms with Crippen LogP contribution in [0.3, 0.4) is 0 Å². The van der Waals surface area contributed by atoms with Crippen LogP contribution in [0, 0.1) is 0 Å². The Morgan fingerprint density at radius 1 is 1.20 bits per heavy atom. The fourth-order valence-electron chi connectivity index (χ4n) is 1.49. The lowest BCUT2D eigenvalue weighted by Crippen LogP contribution is -1.89. The molecule has 1 aliphatic heterocycles. The van der Waals surface area contributed by atoms with Crippen LogP contribution in [0.1, 0.15) is 5.56 Å². The third-order valence-corrected chi connectivity index (χ3v) is 2.17. The van der Waals surface area contributed by atoms with Crippen LogP contribution in [0.4, 0.5) is 0 Å². The number of hydrogen-bond acceptors (Lipinski definition) is 5. The van der Waals surface area contributed by atoms with E-state index in [2.05, 4.69) is 20.4 Å². The van der Waals surface area contributed by atoms with E-state index in [4.69, 9.17) is 4.84 Å². The molecule has 0 spiro atoms. The van der Waals surface area contributed by atoms with Crippen molar-refractivity contribution in [1.82, 2.24) is 9.97 Å². The van der Waals surface area contributed by atoms with Crippen LogP contribution >= 0.6 is 0 Å². The number of rotatable bonds is 0. The van der Waals surface area contributed by atoms with Crippen molar-refractivity contribution in [2.75, 3.05) is 0 Å². The molecule has 1 aromatic heterocycles. The van der Waals surface area contributed by atoms with Gasteiger partial charge in [-0.3, -0.25) is 0 Å². The molecule has 0 unspecified atom stereocenters. The topological polar surface area (TPSA) is 59.7 Å². The average Bonchev–Trinajstić information content (AvgIpc) is 2.54. The first-order chi connectivity index (χ1) is 7.45. The van der Waals surface area contributed by atoms with Gasteiger partial charge in [0, 0.05) is 17.0 Å². The molecule has 0 saturated carbocycles. The lowest BCUT2D eigenvalue weighted by Gasteiger charge is -2.04. The van der Waals surface area contributed by atoms with Crippen LogP contribution in [-0.4, -0.2) is 9.97 Å². The minimum Gasteiger partial charge on any atom is -0.338 e. The van der Waals surface area contributed by atoms with E-state index in [9.17, 15) is 0 Å². The van der Waals surface area contributed by atoms with Crippen molar-refractivity contribution in [2.45, 2.75) is 0 Å². The third-order valence-electron chi connectivity index (χ3n) is 2.17. The molecule has 15 heavy (non-hydrogen) atoms. The summed E-state index contributed by atoms with van der Waals surface area (Å²) in [5.41, 5.74) is 1.75. The van der Waals surface area contributed by atoms with Gasteiger partial charge in [-0.2, -0.15) is 0 Å². The zero-order valence-corrected chi connectivity index (χ0v) is 7.66. The van der Waals surface area contributed by atoms with Crippen molar-refractivity contribution in [3.05, 3.63) is 36.4 Å². The molecule has 5 heteroatoms. The highest BCUT2D eigenvalue weighted by Crippen LogP contribution is 2.30. The van der Waals surface area contributed by atoms with Crippen LogP contribution in [0.5, 0.6) is 5.75 Å². The van der Waals surface area contributed by atoms with Gasteiger partial charge in [0.25, 0.3) is 0 Å². The van der Waals surface area contributed by atoms with E-state index in [-0.39, 0.29) is 0 Å². The molecule has 3 rings (SSSR count). The summed E-state index contributed by atoms with van der Waals surface area (Å²) in [6.07, 6.45) is 6.62. The molecule has 5 nitrogen and oxygen atoms in total. The van der Waals surface area contributed by atoms with E-state index in [0.29, 0.717) is 5.75 Å². The third kappa shape index (κ3) is 1.25. The van der Waals surface area contributed by atoms with Gasteiger partial charge in [-0.25, -0.2) is 9.97 Å². The second kappa shape index (κ2) is 3.13. The predicted octanol–water partition coefficient (Wildman–Crippen LogP) is 2.36. The minimum absolute atomic E-state index is 0.644. The molecule has 0 aliphatic carbocycles. The first-order valence-electron chi connectivity index (χ1n) is 4.41. The van der Waals surface area contributed by atoms with E-state index in [0.717, 1.165) is 16.5 Å². The summed E-state index contributed by atoms with van der Waals surface area (Å²) in [6, 6.07) is 3.83. The standard InChI is InChI=1S/C10H6N4O/c1-2-9-8(5-11-6-12-9)10-7(1)3-4-13-14-15-10/h1-6H. The molecule has 0 saturated heterocycles. The molecular weight excluding hydrogens is 192 g/mol. The fourth-order valence-corrected chi connectivity index (χ4v) is 1.49. The largest absolute Gasteiger partial charge is 0.338 e. The Hall–Kier alpha value is -2.30. The van der Waals surface area contributed by atoms with E-state index in [1.165, 1.54) is 6.33 Å². The van der Waals surface area contributed by atoms with Crippen LogP contribution in [-0.2, 0) is 0 Å². The van der Waals surface area contributed by atoms with Gasteiger partial charge in [-0.1, -0.05) is 0 Å². The number of fused-ring (bicyclic) bond motifs is 3. The Bertz CT molecular complexity index is 577. The molecule has 0 radical (unpaired) electrons. The number of benzene rings is 1. The van der Waals surface area contributed by atoms with Crippen molar-refractivity contribution in [2.24, 2.45) is 10.4 Å². The first kappa shape index (κ1) is 8.05. The van der Waals surface area contributed by atoms with Crippen molar-refractivity contribution >= 4 is 17.0 Å². The highest BCUT2D eigenvalue weighted by molar-refractivity contribution is 5.88. The Morgan fingerprint density at radius 3 is 3.20 bits per heavy atom. The van der Waals surface area contributed by atoms with Gasteiger partial charge in [0.1, 0.15) is 6.33 Å². The van der Waals surface area contributed by atoms with E-state index in [1.54, 1.807) is 12.4 Å². The highest BCUT2D eigenvalue weighted by Gasteiger charge is 2.09. The quantitative estimate of drug-likeness (QED) is 0.652. The Kier molecular flexibility index (Phi) is 1.68. The zero-order valence-electron chi connectivity index (χ0n) is 7.66. The molecule has 72 valence electrons. The number of hydrogen-bond donors (Lipinski definition) is 0. The van der Waals surface area contributed by atoms with Crippen molar-refractivity contribution < 1.29 is 4.84 Å². The normalized spacial score (nSPS) is 13.3.